The molecule has 3 N–H and O–H groups in total. The smallest absolute Gasteiger partial charge is 0.323 e. The minimum absolute atomic E-state index is 0.0797. The summed E-state index contributed by atoms with van der Waals surface area (Å²) in [5, 5.41) is 5.31. The SMILES string of the molecule is CN1CCN(c2cc3[nH]c(=O)[nH]c3cc2NC(=O)Cc2cccc3ccccc23)CC1. The highest BCUT2D eigenvalue weighted by molar-refractivity contribution is 6.00. The second-order valence-corrected chi connectivity index (χ2v) is 8.15. The Hall–Kier alpha value is -3.58. The number of imidazole rings is 1. The van der Waals surface area contributed by atoms with Crippen molar-refractivity contribution in [1.29, 1.82) is 0 Å². The van der Waals surface area contributed by atoms with Crippen LogP contribution in [-0.2, 0) is 11.2 Å². The number of carbonyl (C=O) groups excluding carboxylic acids is 1. The zero-order valence-corrected chi connectivity index (χ0v) is 17.4. The van der Waals surface area contributed by atoms with Crippen LogP contribution in [0.5, 0.6) is 0 Å². The van der Waals surface area contributed by atoms with Crippen LogP contribution in [0, 0.1) is 0 Å². The Morgan fingerprint density at radius 3 is 2.48 bits per heavy atom. The Bertz CT molecular complexity index is 1310. The zero-order valence-electron chi connectivity index (χ0n) is 17.4. The maximum atomic E-state index is 13.0. The van der Waals surface area contributed by atoms with Crippen molar-refractivity contribution in [2.75, 3.05) is 43.4 Å². The van der Waals surface area contributed by atoms with Gasteiger partial charge in [-0.05, 0) is 35.5 Å². The van der Waals surface area contributed by atoms with Crippen LogP contribution in [0.25, 0.3) is 21.8 Å². The molecule has 0 atom stereocenters. The molecule has 7 nitrogen and oxygen atoms in total. The number of nitrogens with zero attached hydrogens (tertiary/aromatic N) is 2. The highest BCUT2D eigenvalue weighted by Gasteiger charge is 2.20. The first-order valence-corrected chi connectivity index (χ1v) is 10.5. The minimum Gasteiger partial charge on any atom is -0.367 e. The normalized spacial score (nSPS) is 14.9. The minimum atomic E-state index is -0.251. The Balaban J connectivity index is 1.46. The van der Waals surface area contributed by atoms with Crippen LogP contribution in [0.3, 0.4) is 0 Å². The number of benzene rings is 3. The Kier molecular flexibility index (Phi) is 4.95. The van der Waals surface area contributed by atoms with Crippen LogP contribution < -0.4 is 15.9 Å². The molecule has 31 heavy (non-hydrogen) atoms. The Labute approximate surface area is 179 Å². The van der Waals surface area contributed by atoms with E-state index in [9.17, 15) is 9.59 Å². The van der Waals surface area contributed by atoms with E-state index in [0.717, 1.165) is 59.4 Å². The number of anilines is 2. The maximum absolute atomic E-state index is 13.0. The lowest BCUT2D eigenvalue weighted by atomic mass is 10.0. The summed E-state index contributed by atoms with van der Waals surface area (Å²) in [6.45, 7) is 3.63. The van der Waals surface area contributed by atoms with Gasteiger partial charge in [-0.2, -0.15) is 0 Å². The lowest BCUT2D eigenvalue weighted by Gasteiger charge is -2.35. The first kappa shape index (κ1) is 19.4. The number of fused-ring (bicyclic) bond motifs is 2. The molecule has 1 amide bonds. The summed E-state index contributed by atoms with van der Waals surface area (Å²) in [5.74, 6) is -0.0797. The lowest BCUT2D eigenvalue weighted by Crippen LogP contribution is -2.44. The molecule has 4 aromatic rings. The van der Waals surface area contributed by atoms with Crippen LogP contribution >= 0.6 is 0 Å². The fraction of sp³-hybridized carbons (Fsp3) is 0.250. The van der Waals surface area contributed by atoms with Crippen molar-refractivity contribution < 1.29 is 4.79 Å². The number of likely N-dealkylation sites (N-methyl/N-ethyl adjacent to an activating group) is 1. The molecule has 1 saturated heterocycles. The average molecular weight is 415 g/mol. The number of carbonyl (C=O) groups is 1. The molecule has 1 fully saturated rings. The van der Waals surface area contributed by atoms with E-state index >= 15 is 0 Å². The number of piperazine rings is 1. The van der Waals surface area contributed by atoms with Gasteiger partial charge in [0.05, 0.1) is 28.8 Å². The third-order valence-electron chi connectivity index (χ3n) is 5.98. The molecule has 0 spiro atoms. The second kappa shape index (κ2) is 7.92. The summed E-state index contributed by atoms with van der Waals surface area (Å²) in [6.07, 6.45) is 0.283. The van der Waals surface area contributed by atoms with Gasteiger partial charge in [-0.1, -0.05) is 42.5 Å². The molecule has 0 unspecified atom stereocenters. The van der Waals surface area contributed by atoms with Gasteiger partial charge in [0.25, 0.3) is 0 Å². The van der Waals surface area contributed by atoms with Crippen molar-refractivity contribution in [2.24, 2.45) is 0 Å². The molecule has 7 heteroatoms. The maximum Gasteiger partial charge on any atom is 0.323 e. The van der Waals surface area contributed by atoms with Crippen LogP contribution in [0.15, 0.2) is 59.4 Å². The van der Waals surface area contributed by atoms with Crippen molar-refractivity contribution in [3.8, 4) is 0 Å². The summed E-state index contributed by atoms with van der Waals surface area (Å²) >= 11 is 0. The number of nitrogens with one attached hydrogen (secondary N) is 3. The third-order valence-corrected chi connectivity index (χ3v) is 5.98. The molecule has 3 aromatic carbocycles. The number of H-pyrrole nitrogens is 2. The van der Waals surface area contributed by atoms with Gasteiger partial charge in [0.15, 0.2) is 0 Å². The van der Waals surface area contributed by atoms with Crippen LogP contribution in [0.4, 0.5) is 11.4 Å². The van der Waals surface area contributed by atoms with E-state index in [0.29, 0.717) is 5.52 Å². The van der Waals surface area contributed by atoms with Gasteiger partial charge in [0, 0.05) is 26.2 Å². The lowest BCUT2D eigenvalue weighted by molar-refractivity contribution is -0.115. The van der Waals surface area contributed by atoms with Gasteiger partial charge >= 0.3 is 5.69 Å². The summed E-state index contributed by atoms with van der Waals surface area (Å²) in [4.78, 5) is 35.0. The molecule has 0 radical (unpaired) electrons. The summed E-state index contributed by atoms with van der Waals surface area (Å²) in [5.41, 5.74) is 3.82. The quantitative estimate of drug-likeness (QED) is 0.479. The first-order valence-electron chi connectivity index (χ1n) is 10.5. The van der Waals surface area contributed by atoms with E-state index in [1.54, 1.807) is 0 Å². The van der Waals surface area contributed by atoms with Crippen LogP contribution in [0.1, 0.15) is 5.56 Å². The predicted molar refractivity (Wildman–Crippen MR) is 125 cm³/mol. The van der Waals surface area contributed by atoms with Crippen molar-refractivity contribution >= 4 is 39.1 Å². The fourth-order valence-electron chi connectivity index (χ4n) is 4.29. The number of hydrogen-bond acceptors (Lipinski definition) is 4. The predicted octanol–water partition coefficient (Wildman–Crippen LogP) is 2.94. The topological polar surface area (TPSA) is 84.2 Å². The van der Waals surface area contributed by atoms with E-state index in [4.69, 9.17) is 0 Å². The monoisotopic (exact) mass is 415 g/mol. The highest BCUT2D eigenvalue weighted by atomic mass is 16.1. The number of aromatic amines is 2. The largest absolute Gasteiger partial charge is 0.367 e. The molecular formula is C24H25N5O2. The van der Waals surface area contributed by atoms with E-state index in [2.05, 4.69) is 44.3 Å². The van der Waals surface area contributed by atoms with Crippen molar-refractivity contribution in [1.82, 2.24) is 14.9 Å². The molecule has 1 aliphatic rings. The average Bonchev–Trinajstić information content (AvgIpc) is 3.13. The number of aromatic nitrogens is 2. The van der Waals surface area contributed by atoms with E-state index in [-0.39, 0.29) is 18.0 Å². The van der Waals surface area contributed by atoms with Crippen molar-refractivity contribution in [3.63, 3.8) is 0 Å². The first-order chi connectivity index (χ1) is 15.1. The molecule has 0 saturated carbocycles. The van der Waals surface area contributed by atoms with Gasteiger partial charge in [-0.25, -0.2) is 4.79 Å². The number of hydrogen-bond donors (Lipinski definition) is 3. The Morgan fingerprint density at radius 1 is 0.968 bits per heavy atom. The molecule has 5 rings (SSSR count). The second-order valence-electron chi connectivity index (χ2n) is 8.15. The van der Waals surface area contributed by atoms with Crippen molar-refractivity contribution in [2.45, 2.75) is 6.42 Å². The standard InChI is InChI=1S/C24H25N5O2/c1-28-9-11-29(12-10-28)22-15-20-19(26-24(31)27-20)14-21(22)25-23(30)13-17-7-4-6-16-5-2-3-8-18(16)17/h2-8,14-15H,9-13H2,1H3,(H,25,30)(H2,26,27,31). The molecule has 2 heterocycles. The van der Waals surface area contributed by atoms with E-state index < -0.39 is 0 Å². The van der Waals surface area contributed by atoms with E-state index in [1.807, 2.05) is 42.5 Å². The fourth-order valence-corrected chi connectivity index (χ4v) is 4.29. The molecule has 0 bridgehead atoms. The highest BCUT2D eigenvalue weighted by Crippen LogP contribution is 2.31. The Morgan fingerprint density at radius 2 is 1.68 bits per heavy atom. The molecule has 0 aliphatic carbocycles. The molecule has 1 aromatic heterocycles. The van der Waals surface area contributed by atoms with Gasteiger partial charge < -0.3 is 25.1 Å². The summed E-state index contributed by atoms with van der Waals surface area (Å²) in [7, 11) is 2.11. The third kappa shape index (κ3) is 3.92. The zero-order chi connectivity index (χ0) is 21.4. The number of amides is 1. The van der Waals surface area contributed by atoms with Gasteiger partial charge in [-0.3, -0.25) is 4.79 Å². The number of rotatable bonds is 4. The van der Waals surface area contributed by atoms with Gasteiger partial charge in [0.1, 0.15) is 0 Å². The summed E-state index contributed by atoms with van der Waals surface area (Å²) in [6, 6.07) is 17.9. The van der Waals surface area contributed by atoms with Crippen LogP contribution in [0.2, 0.25) is 0 Å². The molecule has 1 aliphatic heterocycles. The van der Waals surface area contributed by atoms with Crippen LogP contribution in [-0.4, -0.2) is 54.0 Å². The molecule has 158 valence electrons. The van der Waals surface area contributed by atoms with Crippen molar-refractivity contribution in [3.05, 3.63) is 70.6 Å². The van der Waals surface area contributed by atoms with Gasteiger partial charge in [0.2, 0.25) is 5.91 Å². The van der Waals surface area contributed by atoms with Gasteiger partial charge in [-0.15, -0.1) is 0 Å². The molecular weight excluding hydrogens is 390 g/mol. The van der Waals surface area contributed by atoms with E-state index in [1.165, 1.54) is 0 Å². The summed E-state index contributed by atoms with van der Waals surface area (Å²) < 4.78 is 0.